The molecular weight excluding hydrogens is 366 g/mol. The molecule has 3 rings (SSSR count). The smallest absolute Gasteiger partial charge is 0.260 e. The van der Waals surface area contributed by atoms with Crippen LogP contribution in [0.2, 0.25) is 5.02 Å². The number of ketones is 1. The predicted octanol–water partition coefficient (Wildman–Crippen LogP) is 3.52. The Labute approximate surface area is 163 Å². The van der Waals surface area contributed by atoms with Crippen LogP contribution < -0.4 is 10.1 Å². The Bertz CT molecular complexity index is 848. The van der Waals surface area contributed by atoms with Gasteiger partial charge in [0.25, 0.3) is 5.91 Å². The van der Waals surface area contributed by atoms with E-state index in [-0.39, 0.29) is 17.6 Å². The van der Waals surface area contributed by atoms with Crippen LogP contribution in [0.15, 0.2) is 36.4 Å². The average Bonchev–Trinajstić information content (AvgIpc) is 2.68. The Morgan fingerprint density at radius 2 is 1.96 bits per heavy atom. The van der Waals surface area contributed by atoms with Gasteiger partial charge in [-0.15, -0.1) is 0 Å². The molecule has 0 bridgehead atoms. The number of carbonyl (C=O) groups excluding carboxylic acids is 2. The molecule has 0 atom stereocenters. The number of carbonyl (C=O) groups is 2. The van der Waals surface area contributed by atoms with Crippen LogP contribution in [0.4, 0.5) is 5.82 Å². The number of piperidine rings is 1. The van der Waals surface area contributed by atoms with Gasteiger partial charge < -0.3 is 15.0 Å². The lowest BCUT2D eigenvalue weighted by atomic mass is 9.91. The van der Waals surface area contributed by atoms with E-state index in [0.717, 1.165) is 25.9 Å². The summed E-state index contributed by atoms with van der Waals surface area (Å²) in [7, 11) is 3.53. The van der Waals surface area contributed by atoms with Crippen molar-refractivity contribution in [2.45, 2.75) is 12.8 Å². The van der Waals surface area contributed by atoms with Crippen molar-refractivity contribution < 1.29 is 14.3 Å². The number of hydrogen-bond acceptors (Lipinski definition) is 5. The van der Waals surface area contributed by atoms with Crippen molar-refractivity contribution in [2.24, 2.45) is 5.92 Å². The number of likely N-dealkylation sites (tertiary alicyclic amines) is 1. The molecule has 2 heterocycles. The van der Waals surface area contributed by atoms with E-state index in [9.17, 15) is 9.59 Å². The van der Waals surface area contributed by atoms with Crippen LogP contribution in [0.5, 0.6) is 5.75 Å². The Kier molecular flexibility index (Phi) is 6.08. The standard InChI is InChI=1S/C20H22ClN3O3/c1-24-10-8-13(9-11-24)19(25)16-4-3-5-18(22-16)23-20(26)15-7-6-14(21)12-17(15)27-2/h3-7,12-13H,8-11H2,1-2H3,(H,22,23,26). The second-order valence-corrected chi connectivity index (χ2v) is 7.09. The first-order valence-electron chi connectivity index (χ1n) is 8.82. The molecule has 1 fully saturated rings. The Morgan fingerprint density at radius 1 is 1.22 bits per heavy atom. The van der Waals surface area contributed by atoms with Crippen LogP contribution >= 0.6 is 11.6 Å². The van der Waals surface area contributed by atoms with Crippen LogP contribution in [-0.2, 0) is 0 Å². The normalized spacial score (nSPS) is 15.4. The average molecular weight is 388 g/mol. The number of rotatable bonds is 5. The van der Waals surface area contributed by atoms with Crippen molar-refractivity contribution in [3.05, 3.63) is 52.7 Å². The van der Waals surface area contributed by atoms with Gasteiger partial charge in [0.05, 0.1) is 12.7 Å². The molecule has 1 aliphatic heterocycles. The van der Waals surface area contributed by atoms with Gasteiger partial charge in [-0.2, -0.15) is 0 Å². The highest BCUT2D eigenvalue weighted by Gasteiger charge is 2.25. The molecule has 0 aliphatic carbocycles. The molecule has 1 amide bonds. The van der Waals surface area contributed by atoms with E-state index in [1.165, 1.54) is 7.11 Å². The van der Waals surface area contributed by atoms with Gasteiger partial charge in [0.15, 0.2) is 5.78 Å². The second kappa shape index (κ2) is 8.50. The van der Waals surface area contributed by atoms with Crippen LogP contribution in [-0.4, -0.2) is 48.8 Å². The third kappa shape index (κ3) is 4.64. The summed E-state index contributed by atoms with van der Waals surface area (Å²) in [5.74, 6) is 0.341. The fourth-order valence-electron chi connectivity index (χ4n) is 3.16. The van der Waals surface area contributed by atoms with E-state index in [2.05, 4.69) is 22.2 Å². The first-order valence-corrected chi connectivity index (χ1v) is 9.20. The predicted molar refractivity (Wildman–Crippen MR) is 105 cm³/mol. The van der Waals surface area contributed by atoms with Crippen molar-refractivity contribution >= 4 is 29.1 Å². The summed E-state index contributed by atoms with van der Waals surface area (Å²) in [5.41, 5.74) is 0.723. The van der Waals surface area contributed by atoms with Gasteiger partial charge in [0.1, 0.15) is 17.3 Å². The minimum Gasteiger partial charge on any atom is -0.496 e. The lowest BCUT2D eigenvalue weighted by Gasteiger charge is -2.27. The highest BCUT2D eigenvalue weighted by atomic mass is 35.5. The maximum absolute atomic E-state index is 12.7. The maximum atomic E-state index is 12.7. The number of pyridine rings is 1. The number of Topliss-reactive ketones (excluding diaryl/α,β-unsaturated/α-hetero) is 1. The summed E-state index contributed by atoms with van der Waals surface area (Å²) >= 11 is 5.93. The third-order valence-corrected chi connectivity index (χ3v) is 4.98. The SMILES string of the molecule is COc1cc(Cl)ccc1C(=O)Nc1cccc(C(=O)C2CCN(C)CC2)n1. The molecule has 0 spiro atoms. The molecule has 27 heavy (non-hydrogen) atoms. The molecular formula is C20H22ClN3O3. The molecule has 0 saturated carbocycles. The largest absolute Gasteiger partial charge is 0.496 e. The summed E-state index contributed by atoms with van der Waals surface area (Å²) in [6.45, 7) is 1.81. The zero-order valence-corrected chi connectivity index (χ0v) is 16.1. The number of nitrogens with one attached hydrogen (secondary N) is 1. The topological polar surface area (TPSA) is 71.5 Å². The van der Waals surface area contributed by atoms with Crippen molar-refractivity contribution in [1.29, 1.82) is 0 Å². The van der Waals surface area contributed by atoms with E-state index in [4.69, 9.17) is 16.3 Å². The number of amides is 1. The van der Waals surface area contributed by atoms with Gasteiger partial charge in [-0.1, -0.05) is 17.7 Å². The lowest BCUT2D eigenvalue weighted by molar-refractivity contribution is 0.0851. The number of hydrogen-bond donors (Lipinski definition) is 1. The molecule has 6 nitrogen and oxygen atoms in total. The summed E-state index contributed by atoms with van der Waals surface area (Å²) in [6.07, 6.45) is 1.66. The molecule has 7 heteroatoms. The zero-order valence-electron chi connectivity index (χ0n) is 15.4. The highest BCUT2D eigenvalue weighted by Crippen LogP contribution is 2.24. The van der Waals surface area contributed by atoms with Gasteiger partial charge >= 0.3 is 0 Å². The molecule has 142 valence electrons. The summed E-state index contributed by atoms with van der Waals surface area (Å²) in [5, 5.41) is 3.20. The fraction of sp³-hybridized carbons (Fsp3) is 0.350. The number of halogens is 1. The highest BCUT2D eigenvalue weighted by molar-refractivity contribution is 6.31. The third-order valence-electron chi connectivity index (χ3n) is 4.74. The minimum atomic E-state index is -0.375. The van der Waals surface area contributed by atoms with Gasteiger partial charge in [0.2, 0.25) is 0 Å². The molecule has 0 radical (unpaired) electrons. The van der Waals surface area contributed by atoms with Gasteiger partial charge in [-0.3, -0.25) is 9.59 Å². The lowest BCUT2D eigenvalue weighted by Crippen LogP contribution is -2.33. The van der Waals surface area contributed by atoms with Crippen LogP contribution in [0.3, 0.4) is 0 Å². The Balaban J connectivity index is 1.74. The van der Waals surface area contributed by atoms with E-state index >= 15 is 0 Å². The maximum Gasteiger partial charge on any atom is 0.260 e. The van der Waals surface area contributed by atoms with Crippen molar-refractivity contribution in [1.82, 2.24) is 9.88 Å². The minimum absolute atomic E-state index is 0.0176. The van der Waals surface area contributed by atoms with Gasteiger partial charge in [-0.05, 0) is 63.3 Å². The van der Waals surface area contributed by atoms with Crippen LogP contribution in [0.25, 0.3) is 0 Å². The summed E-state index contributed by atoms with van der Waals surface area (Å²) in [6, 6.07) is 9.86. The number of nitrogens with zero attached hydrogens (tertiary/aromatic N) is 2. The van der Waals surface area contributed by atoms with E-state index in [1.54, 1.807) is 36.4 Å². The number of ether oxygens (including phenoxy) is 1. The van der Waals surface area contributed by atoms with Crippen molar-refractivity contribution in [2.75, 3.05) is 32.6 Å². The first kappa shape index (κ1) is 19.3. The molecule has 1 aromatic heterocycles. The second-order valence-electron chi connectivity index (χ2n) is 6.65. The van der Waals surface area contributed by atoms with Gasteiger partial charge in [0, 0.05) is 10.9 Å². The van der Waals surface area contributed by atoms with E-state index in [1.807, 2.05) is 0 Å². The van der Waals surface area contributed by atoms with E-state index in [0.29, 0.717) is 27.8 Å². The number of methoxy groups -OCH3 is 1. The molecule has 1 aromatic carbocycles. The Morgan fingerprint density at radius 3 is 2.67 bits per heavy atom. The molecule has 1 N–H and O–H groups in total. The quantitative estimate of drug-likeness (QED) is 0.795. The van der Waals surface area contributed by atoms with Crippen molar-refractivity contribution in [3.8, 4) is 5.75 Å². The zero-order chi connectivity index (χ0) is 19.4. The summed E-state index contributed by atoms with van der Waals surface area (Å²) in [4.78, 5) is 31.8. The first-order chi connectivity index (χ1) is 13.0. The van der Waals surface area contributed by atoms with Gasteiger partial charge in [-0.25, -0.2) is 4.98 Å². The Hall–Kier alpha value is -2.44. The van der Waals surface area contributed by atoms with Crippen molar-refractivity contribution in [3.63, 3.8) is 0 Å². The molecule has 1 aliphatic rings. The molecule has 1 saturated heterocycles. The number of aromatic nitrogens is 1. The fourth-order valence-corrected chi connectivity index (χ4v) is 3.32. The van der Waals surface area contributed by atoms with Crippen LogP contribution in [0, 0.1) is 5.92 Å². The van der Waals surface area contributed by atoms with Crippen LogP contribution in [0.1, 0.15) is 33.7 Å². The number of anilines is 1. The summed E-state index contributed by atoms with van der Waals surface area (Å²) < 4.78 is 5.21. The molecule has 2 aromatic rings. The molecule has 0 unspecified atom stereocenters. The monoisotopic (exact) mass is 387 g/mol. The van der Waals surface area contributed by atoms with E-state index < -0.39 is 0 Å². The number of benzene rings is 1.